The lowest BCUT2D eigenvalue weighted by Crippen LogP contribution is -2.32. The molecule has 0 atom stereocenters. The van der Waals surface area contributed by atoms with Crippen molar-refractivity contribution in [3.05, 3.63) is 71.1 Å². The highest BCUT2D eigenvalue weighted by molar-refractivity contribution is 6.21. The number of aromatic nitrogens is 4. The van der Waals surface area contributed by atoms with Crippen LogP contribution < -0.4 is 5.32 Å². The van der Waals surface area contributed by atoms with Crippen LogP contribution in [0.25, 0.3) is 0 Å². The maximum Gasteiger partial charge on any atom is 0.261 e. The largest absolute Gasteiger partial charge is 0.324 e. The van der Waals surface area contributed by atoms with Crippen LogP contribution in [0.4, 0.5) is 14.5 Å². The number of hydrogen-bond donors (Lipinski definition) is 1. The number of carbonyl (C=O) groups is 3. The Balaban J connectivity index is 1.33. The minimum Gasteiger partial charge on any atom is -0.324 e. The van der Waals surface area contributed by atoms with Crippen LogP contribution in [0.15, 0.2) is 42.5 Å². The van der Waals surface area contributed by atoms with Crippen molar-refractivity contribution < 1.29 is 23.2 Å². The molecule has 0 spiro atoms. The number of nitrogens with one attached hydrogen (secondary N) is 1. The number of rotatable bonds is 6. The van der Waals surface area contributed by atoms with Crippen LogP contribution in [-0.4, -0.2) is 49.4 Å². The van der Waals surface area contributed by atoms with Gasteiger partial charge in [0.2, 0.25) is 5.91 Å². The average Bonchev–Trinajstić information content (AvgIpc) is 3.26. The fourth-order valence-corrected chi connectivity index (χ4v) is 3.00. The lowest BCUT2D eigenvalue weighted by atomic mass is 10.1. The maximum absolute atomic E-state index is 13.2. The fraction of sp³-hybridized carbons (Fsp3) is 0.158. The molecule has 1 aliphatic heterocycles. The van der Waals surface area contributed by atoms with Crippen molar-refractivity contribution in [2.45, 2.75) is 13.0 Å². The Bertz CT molecular complexity index is 1130. The molecule has 2 heterocycles. The molecule has 0 radical (unpaired) electrons. The van der Waals surface area contributed by atoms with Gasteiger partial charge in [-0.15, -0.1) is 10.2 Å². The summed E-state index contributed by atoms with van der Waals surface area (Å²) in [5.74, 6) is -3.18. The Hall–Kier alpha value is -4.02. The molecule has 30 heavy (non-hydrogen) atoms. The van der Waals surface area contributed by atoms with E-state index >= 15 is 0 Å². The van der Waals surface area contributed by atoms with E-state index in [2.05, 4.69) is 20.7 Å². The molecule has 11 heteroatoms. The van der Waals surface area contributed by atoms with E-state index in [-0.39, 0.29) is 42.8 Å². The van der Waals surface area contributed by atoms with Gasteiger partial charge in [0.15, 0.2) is 17.5 Å². The van der Waals surface area contributed by atoms with Crippen molar-refractivity contribution in [2.75, 3.05) is 11.9 Å². The standard InChI is InChI=1S/C19H14F2N6O3/c20-14-6-5-11(9-15(14)21)22-17(28)10-27-24-16(23-25-27)7-8-26-18(29)12-3-1-2-4-13(12)19(26)30/h1-6,9H,7-8,10H2,(H,22,28). The Kier molecular flexibility index (Phi) is 5.00. The second kappa shape index (κ2) is 7.78. The molecule has 0 saturated carbocycles. The van der Waals surface area contributed by atoms with Crippen LogP contribution in [-0.2, 0) is 17.8 Å². The number of halogens is 2. The van der Waals surface area contributed by atoms with Crippen molar-refractivity contribution in [1.82, 2.24) is 25.1 Å². The van der Waals surface area contributed by atoms with Gasteiger partial charge < -0.3 is 5.32 Å². The second-order valence-corrected chi connectivity index (χ2v) is 6.47. The first-order valence-corrected chi connectivity index (χ1v) is 8.89. The molecule has 0 saturated heterocycles. The summed E-state index contributed by atoms with van der Waals surface area (Å²) in [5, 5.41) is 14.0. The van der Waals surface area contributed by atoms with E-state index in [9.17, 15) is 23.2 Å². The molecule has 0 aliphatic carbocycles. The number of fused-ring (bicyclic) bond motifs is 1. The lowest BCUT2D eigenvalue weighted by molar-refractivity contribution is -0.117. The van der Waals surface area contributed by atoms with Crippen LogP contribution in [0.1, 0.15) is 26.5 Å². The van der Waals surface area contributed by atoms with Crippen molar-refractivity contribution in [3.63, 3.8) is 0 Å². The summed E-state index contributed by atoms with van der Waals surface area (Å²) in [6.07, 6.45) is 0.163. The van der Waals surface area contributed by atoms with Gasteiger partial charge in [0.05, 0.1) is 11.1 Å². The summed E-state index contributed by atoms with van der Waals surface area (Å²) >= 11 is 0. The number of carbonyl (C=O) groups excluding carboxylic acids is 3. The van der Waals surface area contributed by atoms with Crippen LogP contribution in [0.5, 0.6) is 0 Å². The van der Waals surface area contributed by atoms with Crippen LogP contribution in [0.3, 0.4) is 0 Å². The zero-order chi connectivity index (χ0) is 21.3. The first-order valence-electron chi connectivity index (χ1n) is 8.89. The summed E-state index contributed by atoms with van der Waals surface area (Å²) in [6.45, 7) is -0.238. The van der Waals surface area contributed by atoms with E-state index in [1.807, 2.05) is 0 Å². The molecule has 3 amide bonds. The molecule has 0 fully saturated rings. The smallest absolute Gasteiger partial charge is 0.261 e. The third-order valence-corrected chi connectivity index (χ3v) is 4.42. The molecule has 1 aliphatic rings. The van der Waals surface area contributed by atoms with E-state index in [1.54, 1.807) is 24.3 Å². The van der Waals surface area contributed by atoms with E-state index in [4.69, 9.17) is 0 Å². The number of hydrogen-bond acceptors (Lipinski definition) is 6. The van der Waals surface area contributed by atoms with Gasteiger partial charge in [0, 0.05) is 24.7 Å². The summed E-state index contributed by atoms with van der Waals surface area (Å²) in [7, 11) is 0. The Morgan fingerprint density at radius 2 is 1.70 bits per heavy atom. The van der Waals surface area contributed by atoms with Crippen molar-refractivity contribution in [3.8, 4) is 0 Å². The molecular weight excluding hydrogens is 398 g/mol. The molecular formula is C19H14F2N6O3. The van der Waals surface area contributed by atoms with Gasteiger partial charge in [-0.1, -0.05) is 12.1 Å². The number of anilines is 1. The normalized spacial score (nSPS) is 12.9. The average molecular weight is 412 g/mol. The third kappa shape index (κ3) is 3.77. The third-order valence-electron chi connectivity index (χ3n) is 4.42. The molecule has 1 aromatic heterocycles. The van der Waals surface area contributed by atoms with E-state index in [0.29, 0.717) is 11.1 Å². The van der Waals surface area contributed by atoms with E-state index in [1.165, 1.54) is 6.07 Å². The van der Waals surface area contributed by atoms with Crippen molar-refractivity contribution in [2.24, 2.45) is 0 Å². The van der Waals surface area contributed by atoms with Gasteiger partial charge >= 0.3 is 0 Å². The second-order valence-electron chi connectivity index (χ2n) is 6.47. The molecule has 152 valence electrons. The maximum atomic E-state index is 13.2. The first-order chi connectivity index (χ1) is 14.4. The Labute approximate surface area is 168 Å². The van der Waals surface area contributed by atoms with Gasteiger partial charge in [-0.2, -0.15) is 4.80 Å². The van der Waals surface area contributed by atoms with Crippen LogP contribution >= 0.6 is 0 Å². The van der Waals surface area contributed by atoms with Crippen molar-refractivity contribution in [1.29, 1.82) is 0 Å². The first kappa shape index (κ1) is 19.3. The summed E-state index contributed by atoms with van der Waals surface area (Å²) in [5.41, 5.74) is 0.797. The lowest BCUT2D eigenvalue weighted by Gasteiger charge is -2.11. The molecule has 3 aromatic rings. The molecule has 1 N–H and O–H groups in total. The van der Waals surface area contributed by atoms with Gasteiger partial charge in [-0.05, 0) is 29.5 Å². The fourth-order valence-electron chi connectivity index (χ4n) is 3.00. The molecule has 0 unspecified atom stereocenters. The van der Waals surface area contributed by atoms with Gasteiger partial charge in [0.1, 0.15) is 6.54 Å². The highest BCUT2D eigenvalue weighted by Gasteiger charge is 2.34. The topological polar surface area (TPSA) is 110 Å². The van der Waals surface area contributed by atoms with Gasteiger partial charge in [-0.3, -0.25) is 19.3 Å². The van der Waals surface area contributed by atoms with Gasteiger partial charge in [-0.25, -0.2) is 8.78 Å². The number of imide groups is 1. The van der Waals surface area contributed by atoms with E-state index < -0.39 is 17.5 Å². The Morgan fingerprint density at radius 1 is 1.00 bits per heavy atom. The zero-order valence-corrected chi connectivity index (χ0v) is 15.4. The predicted molar refractivity (Wildman–Crippen MR) is 98.3 cm³/mol. The highest BCUT2D eigenvalue weighted by atomic mass is 19.2. The minimum atomic E-state index is -1.08. The number of amides is 3. The monoisotopic (exact) mass is 412 g/mol. The zero-order valence-electron chi connectivity index (χ0n) is 15.4. The van der Waals surface area contributed by atoms with Crippen LogP contribution in [0.2, 0.25) is 0 Å². The van der Waals surface area contributed by atoms with Crippen molar-refractivity contribution >= 4 is 23.4 Å². The van der Waals surface area contributed by atoms with Crippen LogP contribution in [0, 0.1) is 11.6 Å². The summed E-state index contributed by atoms with van der Waals surface area (Å²) < 4.78 is 26.1. The predicted octanol–water partition coefficient (Wildman–Crippen LogP) is 1.43. The number of benzene rings is 2. The van der Waals surface area contributed by atoms with Gasteiger partial charge in [0.25, 0.3) is 11.8 Å². The number of tetrazole rings is 1. The highest BCUT2D eigenvalue weighted by Crippen LogP contribution is 2.22. The summed E-state index contributed by atoms with van der Waals surface area (Å²) in [6, 6.07) is 9.54. The molecule has 0 bridgehead atoms. The molecule has 2 aromatic carbocycles. The quantitative estimate of drug-likeness (QED) is 0.614. The summed E-state index contributed by atoms with van der Waals surface area (Å²) in [4.78, 5) is 38.8. The molecule has 9 nitrogen and oxygen atoms in total. The SMILES string of the molecule is O=C(Cn1nnc(CCN2C(=O)c3ccccc3C2=O)n1)Nc1ccc(F)c(F)c1. The molecule has 4 rings (SSSR count). The number of nitrogens with zero attached hydrogens (tertiary/aromatic N) is 5. The minimum absolute atomic E-state index is 0.0685. The Morgan fingerprint density at radius 3 is 2.37 bits per heavy atom. The van der Waals surface area contributed by atoms with E-state index in [0.717, 1.165) is 21.8 Å².